The summed E-state index contributed by atoms with van der Waals surface area (Å²) in [5, 5.41) is 0. The first-order valence-corrected chi connectivity index (χ1v) is 7.05. The molecule has 1 heterocycles. The first kappa shape index (κ1) is 14.2. The fourth-order valence-electron chi connectivity index (χ4n) is 2.24. The first-order valence-electron chi connectivity index (χ1n) is 7.05. The Morgan fingerprint density at radius 1 is 0.864 bits per heavy atom. The highest BCUT2D eigenvalue weighted by molar-refractivity contribution is 5.61. The molecule has 3 aromatic rings. The van der Waals surface area contributed by atoms with Gasteiger partial charge in [-0.3, -0.25) is 0 Å². The average Bonchev–Trinajstić information content (AvgIpc) is 2.57. The number of benzene rings is 2. The second-order valence-corrected chi connectivity index (χ2v) is 5.12. The number of anilines is 1. The Balaban J connectivity index is 1.75. The highest BCUT2D eigenvalue weighted by atomic mass is 19.1. The zero-order chi connectivity index (χ0) is 15.4. The molecule has 0 saturated heterocycles. The lowest BCUT2D eigenvalue weighted by molar-refractivity contribution is 0.628. The van der Waals surface area contributed by atoms with Crippen LogP contribution in [0, 0.1) is 5.82 Å². The van der Waals surface area contributed by atoms with Gasteiger partial charge >= 0.3 is 0 Å². The van der Waals surface area contributed by atoms with Crippen LogP contribution in [0.25, 0.3) is 11.1 Å². The Hall–Kier alpha value is -2.75. The summed E-state index contributed by atoms with van der Waals surface area (Å²) in [6.07, 6.45) is 3.52. The summed E-state index contributed by atoms with van der Waals surface area (Å²) in [4.78, 5) is 10.8. The van der Waals surface area contributed by atoms with E-state index in [2.05, 4.69) is 22.1 Å². The van der Waals surface area contributed by atoms with Gasteiger partial charge in [-0.2, -0.15) is 0 Å². The van der Waals surface area contributed by atoms with E-state index >= 15 is 0 Å². The van der Waals surface area contributed by atoms with Gasteiger partial charge in [-0.1, -0.05) is 42.5 Å². The summed E-state index contributed by atoms with van der Waals surface area (Å²) >= 11 is 0. The monoisotopic (exact) mass is 293 g/mol. The van der Waals surface area contributed by atoms with E-state index < -0.39 is 0 Å². The van der Waals surface area contributed by atoms with E-state index in [1.807, 2.05) is 30.1 Å². The van der Waals surface area contributed by atoms with Crippen LogP contribution in [0.3, 0.4) is 0 Å². The molecular weight excluding hydrogens is 277 g/mol. The zero-order valence-electron chi connectivity index (χ0n) is 12.3. The van der Waals surface area contributed by atoms with Crippen molar-refractivity contribution < 1.29 is 4.39 Å². The molecule has 22 heavy (non-hydrogen) atoms. The standard InChI is InChI=1S/C18H16FN3/c1-22(13-14-5-3-2-4-6-14)18-20-11-16(12-21-18)15-7-9-17(19)10-8-15/h2-12H,13H2,1H3. The second-order valence-electron chi connectivity index (χ2n) is 5.12. The topological polar surface area (TPSA) is 29.0 Å². The van der Waals surface area contributed by atoms with Gasteiger partial charge in [0.05, 0.1) is 0 Å². The van der Waals surface area contributed by atoms with Crippen molar-refractivity contribution >= 4 is 5.95 Å². The van der Waals surface area contributed by atoms with E-state index in [0.29, 0.717) is 5.95 Å². The lowest BCUT2D eigenvalue weighted by atomic mass is 10.1. The number of aromatic nitrogens is 2. The molecule has 0 saturated carbocycles. The maximum absolute atomic E-state index is 12.9. The number of nitrogens with zero attached hydrogens (tertiary/aromatic N) is 3. The summed E-state index contributed by atoms with van der Waals surface area (Å²) in [6.45, 7) is 0.747. The molecule has 0 fully saturated rings. The van der Waals surface area contributed by atoms with Crippen LogP contribution >= 0.6 is 0 Å². The summed E-state index contributed by atoms with van der Waals surface area (Å²) < 4.78 is 12.9. The van der Waals surface area contributed by atoms with Gasteiger partial charge in [0, 0.05) is 31.5 Å². The molecule has 0 radical (unpaired) electrons. The number of halogens is 1. The smallest absolute Gasteiger partial charge is 0.225 e. The Morgan fingerprint density at radius 3 is 2.14 bits per heavy atom. The predicted molar refractivity (Wildman–Crippen MR) is 86.0 cm³/mol. The van der Waals surface area contributed by atoms with Crippen molar-refractivity contribution in [2.24, 2.45) is 0 Å². The second kappa shape index (κ2) is 6.35. The van der Waals surface area contributed by atoms with Crippen LogP contribution in [0.15, 0.2) is 67.0 Å². The molecule has 0 bridgehead atoms. The molecule has 0 unspecified atom stereocenters. The molecule has 110 valence electrons. The van der Waals surface area contributed by atoms with Crippen molar-refractivity contribution in [3.05, 3.63) is 78.4 Å². The lowest BCUT2D eigenvalue weighted by Crippen LogP contribution is -2.18. The molecule has 0 spiro atoms. The largest absolute Gasteiger partial charge is 0.340 e. The Kier molecular flexibility index (Phi) is 4.10. The van der Waals surface area contributed by atoms with Crippen LogP contribution in [-0.4, -0.2) is 17.0 Å². The van der Waals surface area contributed by atoms with Crippen molar-refractivity contribution in [3.63, 3.8) is 0 Å². The van der Waals surface area contributed by atoms with E-state index in [4.69, 9.17) is 0 Å². The number of hydrogen-bond donors (Lipinski definition) is 0. The summed E-state index contributed by atoms with van der Waals surface area (Å²) in [5.74, 6) is 0.415. The van der Waals surface area contributed by atoms with Crippen LogP contribution in [0.2, 0.25) is 0 Å². The molecule has 0 atom stereocenters. The van der Waals surface area contributed by atoms with E-state index in [-0.39, 0.29) is 5.82 Å². The average molecular weight is 293 g/mol. The van der Waals surface area contributed by atoms with Crippen LogP contribution in [-0.2, 0) is 6.54 Å². The number of hydrogen-bond acceptors (Lipinski definition) is 3. The highest BCUT2D eigenvalue weighted by Crippen LogP contribution is 2.19. The van der Waals surface area contributed by atoms with Gasteiger partial charge in [-0.25, -0.2) is 14.4 Å². The SMILES string of the molecule is CN(Cc1ccccc1)c1ncc(-c2ccc(F)cc2)cn1. The third kappa shape index (κ3) is 3.28. The molecule has 0 aliphatic rings. The Bertz CT molecular complexity index is 725. The normalized spacial score (nSPS) is 10.5. The quantitative estimate of drug-likeness (QED) is 0.730. The van der Waals surface area contributed by atoms with Crippen LogP contribution < -0.4 is 4.90 Å². The van der Waals surface area contributed by atoms with Gasteiger partial charge in [0.2, 0.25) is 5.95 Å². The zero-order valence-corrected chi connectivity index (χ0v) is 12.3. The molecule has 1 aromatic heterocycles. The minimum atomic E-state index is -0.246. The minimum absolute atomic E-state index is 0.246. The maximum atomic E-state index is 12.9. The molecular formula is C18H16FN3. The van der Waals surface area contributed by atoms with E-state index in [1.165, 1.54) is 17.7 Å². The fraction of sp³-hybridized carbons (Fsp3) is 0.111. The van der Waals surface area contributed by atoms with Crippen LogP contribution in [0.4, 0.5) is 10.3 Å². The van der Waals surface area contributed by atoms with E-state index in [0.717, 1.165) is 17.7 Å². The molecule has 3 nitrogen and oxygen atoms in total. The van der Waals surface area contributed by atoms with Crippen molar-refractivity contribution in [2.45, 2.75) is 6.54 Å². The lowest BCUT2D eigenvalue weighted by Gasteiger charge is -2.17. The predicted octanol–water partition coefficient (Wildman–Crippen LogP) is 3.92. The Morgan fingerprint density at radius 2 is 1.50 bits per heavy atom. The van der Waals surface area contributed by atoms with Crippen molar-refractivity contribution in [1.82, 2.24) is 9.97 Å². The Labute approximate surface area is 129 Å². The molecule has 0 amide bonds. The van der Waals surface area contributed by atoms with Gasteiger partial charge in [0.1, 0.15) is 5.82 Å². The van der Waals surface area contributed by atoms with E-state index in [9.17, 15) is 4.39 Å². The molecule has 0 aliphatic heterocycles. The summed E-state index contributed by atoms with van der Waals surface area (Å²) in [6, 6.07) is 16.5. The van der Waals surface area contributed by atoms with Crippen molar-refractivity contribution in [3.8, 4) is 11.1 Å². The molecule has 0 aliphatic carbocycles. The van der Waals surface area contributed by atoms with Crippen LogP contribution in [0.1, 0.15) is 5.56 Å². The molecule has 4 heteroatoms. The van der Waals surface area contributed by atoms with Crippen LogP contribution in [0.5, 0.6) is 0 Å². The number of rotatable bonds is 4. The van der Waals surface area contributed by atoms with Crippen molar-refractivity contribution in [1.29, 1.82) is 0 Å². The van der Waals surface area contributed by atoms with Crippen molar-refractivity contribution in [2.75, 3.05) is 11.9 Å². The van der Waals surface area contributed by atoms with Gasteiger partial charge in [-0.15, -0.1) is 0 Å². The molecule has 2 aromatic carbocycles. The van der Waals surface area contributed by atoms with Gasteiger partial charge in [0.25, 0.3) is 0 Å². The first-order chi connectivity index (χ1) is 10.7. The third-order valence-electron chi connectivity index (χ3n) is 3.42. The van der Waals surface area contributed by atoms with Gasteiger partial charge < -0.3 is 4.90 Å². The fourth-order valence-corrected chi connectivity index (χ4v) is 2.24. The maximum Gasteiger partial charge on any atom is 0.225 e. The van der Waals surface area contributed by atoms with Gasteiger partial charge in [-0.05, 0) is 23.3 Å². The summed E-state index contributed by atoms with van der Waals surface area (Å²) in [7, 11) is 1.96. The van der Waals surface area contributed by atoms with E-state index in [1.54, 1.807) is 24.5 Å². The summed E-state index contributed by atoms with van der Waals surface area (Å²) in [5.41, 5.74) is 2.98. The van der Waals surface area contributed by atoms with Gasteiger partial charge in [0.15, 0.2) is 0 Å². The highest BCUT2D eigenvalue weighted by Gasteiger charge is 2.06. The minimum Gasteiger partial charge on any atom is -0.340 e. The molecule has 3 rings (SSSR count). The molecule has 0 N–H and O–H groups in total. The third-order valence-corrected chi connectivity index (χ3v) is 3.42.